The molecular formula is C16H19BrN2O. The molecule has 1 unspecified atom stereocenters. The Hall–Kier alpha value is -1.39. The molecule has 0 aliphatic rings. The van der Waals surface area contributed by atoms with Gasteiger partial charge in [-0.1, -0.05) is 28.9 Å². The number of rotatable bonds is 5. The van der Waals surface area contributed by atoms with Gasteiger partial charge in [-0.05, 0) is 49.7 Å². The fourth-order valence-corrected chi connectivity index (χ4v) is 2.31. The average Bonchev–Trinajstić information content (AvgIpc) is 2.43. The number of benzene rings is 1. The Labute approximate surface area is 128 Å². The SMILES string of the molecule is CCNC(C)c1ccnc(Oc2cc(Br)ccc2C)c1. The summed E-state index contributed by atoms with van der Waals surface area (Å²) in [6.07, 6.45) is 1.78. The van der Waals surface area contributed by atoms with Crippen LogP contribution in [0.4, 0.5) is 0 Å². The van der Waals surface area contributed by atoms with E-state index in [0.717, 1.165) is 22.3 Å². The molecule has 1 heterocycles. The van der Waals surface area contributed by atoms with Crippen LogP contribution in [0.15, 0.2) is 41.0 Å². The van der Waals surface area contributed by atoms with Crippen molar-refractivity contribution >= 4 is 15.9 Å². The smallest absolute Gasteiger partial charge is 0.219 e. The zero-order chi connectivity index (χ0) is 14.5. The standard InChI is InChI=1S/C16H19BrN2O/c1-4-18-12(3)13-7-8-19-16(9-13)20-15-10-14(17)6-5-11(15)2/h5-10,12,18H,4H2,1-3H3. The molecule has 1 aromatic heterocycles. The monoisotopic (exact) mass is 334 g/mol. The molecule has 106 valence electrons. The van der Waals surface area contributed by atoms with Gasteiger partial charge in [0.15, 0.2) is 0 Å². The van der Waals surface area contributed by atoms with Crippen LogP contribution in [0.3, 0.4) is 0 Å². The van der Waals surface area contributed by atoms with Crippen molar-refractivity contribution < 1.29 is 4.74 Å². The van der Waals surface area contributed by atoms with E-state index >= 15 is 0 Å². The summed E-state index contributed by atoms with van der Waals surface area (Å²) < 4.78 is 6.89. The summed E-state index contributed by atoms with van der Waals surface area (Å²) in [6, 6.07) is 10.2. The van der Waals surface area contributed by atoms with Crippen LogP contribution in [0.25, 0.3) is 0 Å². The maximum absolute atomic E-state index is 5.89. The van der Waals surface area contributed by atoms with Crippen LogP contribution in [0.2, 0.25) is 0 Å². The van der Waals surface area contributed by atoms with Crippen LogP contribution < -0.4 is 10.1 Å². The van der Waals surface area contributed by atoms with E-state index in [9.17, 15) is 0 Å². The molecular weight excluding hydrogens is 316 g/mol. The maximum Gasteiger partial charge on any atom is 0.219 e. The molecule has 2 rings (SSSR count). The van der Waals surface area contributed by atoms with Gasteiger partial charge in [-0.25, -0.2) is 4.98 Å². The van der Waals surface area contributed by atoms with Crippen molar-refractivity contribution in [1.29, 1.82) is 0 Å². The summed E-state index contributed by atoms with van der Waals surface area (Å²) in [7, 11) is 0. The largest absolute Gasteiger partial charge is 0.439 e. The molecule has 2 aromatic rings. The number of nitrogens with one attached hydrogen (secondary N) is 1. The van der Waals surface area contributed by atoms with Crippen molar-refractivity contribution in [2.24, 2.45) is 0 Å². The molecule has 1 atom stereocenters. The van der Waals surface area contributed by atoms with E-state index in [1.54, 1.807) is 6.20 Å². The molecule has 0 bridgehead atoms. The Balaban J connectivity index is 2.21. The second kappa shape index (κ2) is 6.86. The third-order valence-electron chi connectivity index (χ3n) is 3.13. The molecule has 0 radical (unpaired) electrons. The Morgan fingerprint density at radius 1 is 1.30 bits per heavy atom. The first kappa shape index (κ1) is 15.0. The van der Waals surface area contributed by atoms with E-state index in [1.165, 1.54) is 5.56 Å². The van der Waals surface area contributed by atoms with Crippen LogP contribution in [0, 0.1) is 6.92 Å². The van der Waals surface area contributed by atoms with E-state index in [-0.39, 0.29) is 6.04 Å². The van der Waals surface area contributed by atoms with E-state index in [0.29, 0.717) is 5.88 Å². The van der Waals surface area contributed by atoms with E-state index in [1.807, 2.05) is 37.3 Å². The van der Waals surface area contributed by atoms with Crippen LogP contribution in [0.1, 0.15) is 31.0 Å². The molecule has 0 aliphatic heterocycles. The number of nitrogens with zero attached hydrogens (tertiary/aromatic N) is 1. The molecule has 0 saturated heterocycles. The summed E-state index contributed by atoms with van der Waals surface area (Å²) in [4.78, 5) is 4.28. The molecule has 0 aliphatic carbocycles. The molecule has 0 fully saturated rings. The lowest BCUT2D eigenvalue weighted by atomic mass is 10.1. The van der Waals surface area contributed by atoms with Gasteiger partial charge < -0.3 is 10.1 Å². The third kappa shape index (κ3) is 3.81. The molecule has 0 saturated carbocycles. The van der Waals surface area contributed by atoms with Gasteiger partial charge >= 0.3 is 0 Å². The van der Waals surface area contributed by atoms with Crippen LogP contribution in [-0.4, -0.2) is 11.5 Å². The first-order valence-corrected chi connectivity index (χ1v) is 7.52. The van der Waals surface area contributed by atoms with E-state index in [2.05, 4.69) is 40.1 Å². The van der Waals surface area contributed by atoms with Gasteiger partial charge in [0, 0.05) is 22.8 Å². The van der Waals surface area contributed by atoms with E-state index < -0.39 is 0 Å². The Kier molecular flexibility index (Phi) is 5.15. The maximum atomic E-state index is 5.89. The zero-order valence-electron chi connectivity index (χ0n) is 12.0. The van der Waals surface area contributed by atoms with Crippen molar-refractivity contribution in [1.82, 2.24) is 10.3 Å². The van der Waals surface area contributed by atoms with Crippen molar-refractivity contribution in [3.8, 4) is 11.6 Å². The summed E-state index contributed by atoms with van der Waals surface area (Å²) in [5.41, 5.74) is 2.25. The quantitative estimate of drug-likeness (QED) is 0.866. The van der Waals surface area contributed by atoms with Crippen molar-refractivity contribution in [2.75, 3.05) is 6.54 Å². The molecule has 0 amide bonds. The Bertz CT molecular complexity index is 586. The van der Waals surface area contributed by atoms with Crippen molar-refractivity contribution in [2.45, 2.75) is 26.8 Å². The summed E-state index contributed by atoms with van der Waals surface area (Å²) in [5.74, 6) is 1.44. The summed E-state index contributed by atoms with van der Waals surface area (Å²) in [6.45, 7) is 7.18. The fraction of sp³-hybridized carbons (Fsp3) is 0.312. The van der Waals surface area contributed by atoms with Gasteiger partial charge in [0.05, 0.1) is 0 Å². The number of hydrogen-bond acceptors (Lipinski definition) is 3. The molecule has 1 N–H and O–H groups in total. The lowest BCUT2D eigenvalue weighted by Gasteiger charge is -2.14. The minimum atomic E-state index is 0.286. The van der Waals surface area contributed by atoms with Crippen molar-refractivity contribution in [3.05, 3.63) is 52.1 Å². The average molecular weight is 335 g/mol. The number of pyridine rings is 1. The molecule has 0 spiro atoms. The normalized spacial score (nSPS) is 12.2. The van der Waals surface area contributed by atoms with Gasteiger partial charge in [-0.15, -0.1) is 0 Å². The molecule has 4 heteroatoms. The highest BCUT2D eigenvalue weighted by Crippen LogP contribution is 2.28. The number of aromatic nitrogens is 1. The van der Waals surface area contributed by atoms with Gasteiger partial charge in [0.25, 0.3) is 0 Å². The Morgan fingerprint density at radius 2 is 2.10 bits per heavy atom. The number of hydrogen-bond donors (Lipinski definition) is 1. The number of ether oxygens (including phenoxy) is 1. The highest BCUT2D eigenvalue weighted by Gasteiger charge is 2.08. The zero-order valence-corrected chi connectivity index (χ0v) is 13.6. The Morgan fingerprint density at radius 3 is 2.85 bits per heavy atom. The van der Waals surface area contributed by atoms with Crippen LogP contribution >= 0.6 is 15.9 Å². The fourth-order valence-electron chi connectivity index (χ4n) is 1.97. The lowest BCUT2D eigenvalue weighted by molar-refractivity contribution is 0.456. The second-order valence-electron chi connectivity index (χ2n) is 4.72. The first-order valence-electron chi connectivity index (χ1n) is 6.73. The van der Waals surface area contributed by atoms with Gasteiger partial charge in [-0.3, -0.25) is 0 Å². The van der Waals surface area contributed by atoms with Gasteiger partial charge in [0.1, 0.15) is 5.75 Å². The predicted octanol–water partition coefficient (Wildman–Crippen LogP) is 4.62. The summed E-state index contributed by atoms with van der Waals surface area (Å²) >= 11 is 3.46. The summed E-state index contributed by atoms with van der Waals surface area (Å²) in [5, 5.41) is 3.38. The van der Waals surface area contributed by atoms with Crippen molar-refractivity contribution in [3.63, 3.8) is 0 Å². The molecule has 1 aromatic carbocycles. The van der Waals surface area contributed by atoms with Crippen LogP contribution in [0.5, 0.6) is 11.6 Å². The molecule has 3 nitrogen and oxygen atoms in total. The predicted molar refractivity (Wildman–Crippen MR) is 85.3 cm³/mol. The number of aryl methyl sites for hydroxylation is 1. The topological polar surface area (TPSA) is 34.2 Å². The second-order valence-corrected chi connectivity index (χ2v) is 5.63. The lowest BCUT2D eigenvalue weighted by Crippen LogP contribution is -2.17. The third-order valence-corrected chi connectivity index (χ3v) is 3.63. The minimum Gasteiger partial charge on any atom is -0.439 e. The number of halogens is 1. The first-order chi connectivity index (χ1) is 9.60. The highest BCUT2D eigenvalue weighted by molar-refractivity contribution is 9.10. The highest BCUT2D eigenvalue weighted by atomic mass is 79.9. The van der Waals surface area contributed by atoms with Gasteiger partial charge in [-0.2, -0.15) is 0 Å². The van der Waals surface area contributed by atoms with Crippen LogP contribution in [-0.2, 0) is 0 Å². The minimum absolute atomic E-state index is 0.286. The van der Waals surface area contributed by atoms with Gasteiger partial charge in [0.2, 0.25) is 5.88 Å². The molecule has 20 heavy (non-hydrogen) atoms. The van der Waals surface area contributed by atoms with E-state index in [4.69, 9.17) is 4.74 Å².